The number of amides is 1. The van der Waals surface area contributed by atoms with Gasteiger partial charge in [-0.2, -0.15) is 0 Å². The number of carbonyl (C=O) groups excluding carboxylic acids is 3. The van der Waals surface area contributed by atoms with E-state index in [1.54, 1.807) is 6.92 Å². The molecule has 0 bridgehead atoms. The van der Waals surface area contributed by atoms with Crippen molar-refractivity contribution in [3.8, 4) is 11.5 Å². The number of pyridine rings is 1. The molecular weight excluding hydrogens is 396 g/mol. The van der Waals surface area contributed by atoms with Crippen LogP contribution in [0.4, 0.5) is 0 Å². The van der Waals surface area contributed by atoms with Gasteiger partial charge in [0.05, 0.1) is 33.4 Å². The van der Waals surface area contributed by atoms with Crippen LogP contribution in [-0.4, -0.2) is 67.0 Å². The van der Waals surface area contributed by atoms with E-state index < -0.39 is 29.8 Å². The number of carbonyl (C=O) groups is 3. The molecule has 1 fully saturated rings. The molecule has 0 radical (unpaired) electrons. The highest BCUT2D eigenvalue weighted by Gasteiger charge is 2.31. The summed E-state index contributed by atoms with van der Waals surface area (Å²) in [5.74, 6) is -1.97. The van der Waals surface area contributed by atoms with E-state index in [2.05, 4.69) is 15.0 Å². The molecule has 10 heteroatoms. The molecule has 0 aliphatic carbocycles. The van der Waals surface area contributed by atoms with Gasteiger partial charge in [-0.05, 0) is 19.8 Å². The summed E-state index contributed by atoms with van der Waals surface area (Å²) in [5, 5.41) is 12.7. The monoisotopic (exact) mass is 424 g/mol. The minimum Gasteiger partial charge on any atom is -0.503 e. The largest absolute Gasteiger partial charge is 0.503 e. The van der Waals surface area contributed by atoms with E-state index in [-0.39, 0.29) is 36.5 Å². The number of nitrogens with one attached hydrogen (secondary N) is 1. The van der Waals surface area contributed by atoms with Crippen molar-refractivity contribution in [2.24, 2.45) is 0 Å². The summed E-state index contributed by atoms with van der Waals surface area (Å²) in [6.45, 7) is 1.88. The highest BCUT2D eigenvalue weighted by molar-refractivity contribution is 5.97. The molecule has 0 spiro atoms. The highest BCUT2D eigenvalue weighted by Crippen LogP contribution is 2.27. The summed E-state index contributed by atoms with van der Waals surface area (Å²) in [7, 11) is 2.67. The second-order valence-corrected chi connectivity index (χ2v) is 6.90. The van der Waals surface area contributed by atoms with Gasteiger partial charge in [0.25, 0.3) is 5.91 Å². The Hall–Kier alpha value is -2.88. The van der Waals surface area contributed by atoms with Crippen molar-refractivity contribution in [1.82, 2.24) is 10.3 Å². The summed E-state index contributed by atoms with van der Waals surface area (Å²) in [4.78, 5) is 40.3. The molecule has 0 unspecified atom stereocenters. The summed E-state index contributed by atoms with van der Waals surface area (Å²) >= 11 is 0. The van der Waals surface area contributed by atoms with E-state index in [1.807, 2.05) is 0 Å². The number of cyclic esters (lactones) is 1. The Morgan fingerprint density at radius 3 is 2.73 bits per heavy atom. The Morgan fingerprint density at radius 2 is 2.03 bits per heavy atom. The number of aromatic hydroxyl groups is 1. The van der Waals surface area contributed by atoms with Crippen LogP contribution in [0.3, 0.4) is 0 Å². The highest BCUT2D eigenvalue weighted by atomic mass is 16.6. The quantitative estimate of drug-likeness (QED) is 0.622. The van der Waals surface area contributed by atoms with E-state index in [4.69, 9.17) is 14.2 Å². The van der Waals surface area contributed by atoms with Crippen LogP contribution in [0.25, 0.3) is 0 Å². The third-order valence-electron chi connectivity index (χ3n) is 4.83. The van der Waals surface area contributed by atoms with Crippen LogP contribution in [0.2, 0.25) is 0 Å². The Labute approximate surface area is 174 Å². The number of methoxy groups -OCH3 is 2. The molecule has 2 rings (SSSR count). The van der Waals surface area contributed by atoms with Crippen LogP contribution >= 0.6 is 0 Å². The number of hydrogen-bond donors (Lipinski definition) is 2. The fraction of sp³-hybridized carbons (Fsp3) is 0.600. The van der Waals surface area contributed by atoms with Crippen molar-refractivity contribution in [1.29, 1.82) is 0 Å². The molecule has 3 atom stereocenters. The zero-order valence-corrected chi connectivity index (χ0v) is 17.4. The van der Waals surface area contributed by atoms with Gasteiger partial charge in [0.15, 0.2) is 17.2 Å². The van der Waals surface area contributed by atoms with E-state index >= 15 is 0 Å². The second-order valence-electron chi connectivity index (χ2n) is 6.90. The molecule has 1 aliphatic rings. The molecule has 1 aromatic heterocycles. The second kappa shape index (κ2) is 11.3. The Kier molecular flexibility index (Phi) is 8.85. The van der Waals surface area contributed by atoms with Crippen molar-refractivity contribution in [2.75, 3.05) is 20.8 Å². The van der Waals surface area contributed by atoms with Crippen molar-refractivity contribution >= 4 is 17.8 Å². The van der Waals surface area contributed by atoms with Gasteiger partial charge < -0.3 is 29.4 Å². The fourth-order valence-corrected chi connectivity index (χ4v) is 3.13. The lowest BCUT2D eigenvalue weighted by atomic mass is 10.0. The standard InChI is InChI=1S/C20H28N2O8/c1-12-14(29-11-9-16(23)28-3)7-5-4-6-13(20(26)30-12)22-19(25)17-18(24)15(27-2)8-10-21-17/h8,10,12-14,24H,4-7,9,11H2,1-3H3,(H,22,25)/t12-,13-,14+/m0/s1. The number of esters is 2. The third kappa shape index (κ3) is 6.31. The summed E-state index contributed by atoms with van der Waals surface area (Å²) < 4.78 is 20.8. The SMILES string of the molecule is COC(=O)CCO[C@@H]1CCCC[C@H](NC(=O)c2nccc(OC)c2O)C(=O)O[C@H]1C. The first kappa shape index (κ1) is 23.4. The van der Waals surface area contributed by atoms with Crippen LogP contribution in [0.5, 0.6) is 11.5 Å². The molecule has 0 saturated carbocycles. The zero-order chi connectivity index (χ0) is 22.1. The van der Waals surface area contributed by atoms with E-state index in [0.29, 0.717) is 19.3 Å². The van der Waals surface area contributed by atoms with E-state index in [0.717, 1.165) is 6.42 Å². The fourth-order valence-electron chi connectivity index (χ4n) is 3.13. The minimum absolute atomic E-state index is 0.104. The lowest BCUT2D eigenvalue weighted by Crippen LogP contribution is -2.44. The van der Waals surface area contributed by atoms with Crippen molar-refractivity contribution < 1.29 is 38.4 Å². The number of aromatic nitrogens is 1. The van der Waals surface area contributed by atoms with E-state index in [1.165, 1.54) is 26.5 Å². The number of hydrogen-bond acceptors (Lipinski definition) is 9. The van der Waals surface area contributed by atoms with Crippen LogP contribution in [0, 0.1) is 0 Å². The first-order valence-corrected chi connectivity index (χ1v) is 9.79. The van der Waals surface area contributed by atoms with Gasteiger partial charge in [0, 0.05) is 12.3 Å². The Morgan fingerprint density at radius 1 is 1.30 bits per heavy atom. The topological polar surface area (TPSA) is 133 Å². The van der Waals surface area contributed by atoms with Crippen molar-refractivity contribution in [3.05, 3.63) is 18.0 Å². The van der Waals surface area contributed by atoms with Crippen molar-refractivity contribution in [2.45, 2.75) is 57.3 Å². The Balaban J connectivity index is 2.00. The third-order valence-corrected chi connectivity index (χ3v) is 4.83. The molecule has 1 aromatic rings. The van der Waals surface area contributed by atoms with Gasteiger partial charge in [-0.25, -0.2) is 9.78 Å². The number of ether oxygens (including phenoxy) is 4. The number of nitrogens with zero attached hydrogens (tertiary/aromatic N) is 1. The van der Waals surface area contributed by atoms with Gasteiger partial charge in [0.2, 0.25) is 0 Å². The van der Waals surface area contributed by atoms with Crippen LogP contribution in [-0.2, 0) is 23.8 Å². The molecular formula is C20H28N2O8. The van der Waals surface area contributed by atoms with Crippen LogP contribution < -0.4 is 10.1 Å². The van der Waals surface area contributed by atoms with Gasteiger partial charge in [-0.1, -0.05) is 12.8 Å². The molecule has 2 N–H and O–H groups in total. The van der Waals surface area contributed by atoms with Crippen LogP contribution in [0.1, 0.15) is 49.5 Å². The molecule has 1 saturated heterocycles. The minimum atomic E-state index is -0.888. The van der Waals surface area contributed by atoms with E-state index in [9.17, 15) is 19.5 Å². The maximum absolute atomic E-state index is 12.6. The molecule has 0 aromatic carbocycles. The molecule has 10 nitrogen and oxygen atoms in total. The van der Waals surface area contributed by atoms with Crippen LogP contribution in [0.15, 0.2) is 12.3 Å². The summed E-state index contributed by atoms with van der Waals surface area (Å²) in [6, 6.07) is 0.531. The maximum atomic E-state index is 12.6. The lowest BCUT2D eigenvalue weighted by molar-refractivity contribution is -0.159. The predicted molar refractivity (Wildman–Crippen MR) is 104 cm³/mol. The molecule has 2 heterocycles. The molecule has 1 amide bonds. The molecule has 1 aliphatic heterocycles. The first-order valence-electron chi connectivity index (χ1n) is 9.79. The Bertz CT molecular complexity index is 754. The molecule has 30 heavy (non-hydrogen) atoms. The van der Waals surface area contributed by atoms with Crippen molar-refractivity contribution in [3.63, 3.8) is 0 Å². The summed E-state index contributed by atoms with van der Waals surface area (Å²) in [5.41, 5.74) is -0.237. The van der Waals surface area contributed by atoms with Gasteiger partial charge in [0.1, 0.15) is 12.1 Å². The summed E-state index contributed by atoms with van der Waals surface area (Å²) in [6.07, 6.45) is 2.94. The first-order chi connectivity index (χ1) is 14.4. The zero-order valence-electron chi connectivity index (χ0n) is 17.4. The lowest BCUT2D eigenvalue weighted by Gasteiger charge is -2.24. The smallest absolute Gasteiger partial charge is 0.329 e. The maximum Gasteiger partial charge on any atom is 0.329 e. The average Bonchev–Trinajstić information content (AvgIpc) is 2.79. The predicted octanol–water partition coefficient (Wildman–Crippen LogP) is 1.35. The van der Waals surface area contributed by atoms with Gasteiger partial charge in [-0.3, -0.25) is 9.59 Å². The molecule has 166 valence electrons. The van der Waals surface area contributed by atoms with Gasteiger partial charge >= 0.3 is 11.9 Å². The van der Waals surface area contributed by atoms with Gasteiger partial charge in [-0.15, -0.1) is 0 Å². The number of rotatable bonds is 7. The average molecular weight is 424 g/mol. The normalized spacial score (nSPS) is 22.1.